The second-order valence-corrected chi connectivity index (χ2v) is 4.66. The fourth-order valence-electron chi connectivity index (χ4n) is 1.37. The van der Waals surface area contributed by atoms with Crippen molar-refractivity contribution in [2.45, 2.75) is 6.54 Å². The number of rotatable bonds is 4. The van der Waals surface area contributed by atoms with Gasteiger partial charge in [0.2, 0.25) is 0 Å². The smallest absolute Gasteiger partial charge is 0.324 e. The minimum atomic E-state index is -0.711. The summed E-state index contributed by atoms with van der Waals surface area (Å²) in [6.07, 6.45) is 0. The molecule has 0 radical (unpaired) electrons. The van der Waals surface area contributed by atoms with Crippen molar-refractivity contribution in [1.82, 2.24) is 0 Å². The zero-order valence-corrected chi connectivity index (χ0v) is 9.91. The monoisotopic (exact) mass is 268 g/mol. The topological polar surface area (TPSA) is 75.4 Å². The molecule has 2 aromatic rings. The maximum atomic E-state index is 13.0. The van der Waals surface area contributed by atoms with E-state index in [1.165, 1.54) is 18.2 Å². The van der Waals surface area contributed by atoms with Crippen LogP contribution in [-0.4, -0.2) is 10.0 Å². The van der Waals surface area contributed by atoms with Crippen LogP contribution in [0.15, 0.2) is 30.3 Å². The molecule has 7 heteroatoms. The van der Waals surface area contributed by atoms with Gasteiger partial charge in [-0.05, 0) is 18.2 Å². The van der Waals surface area contributed by atoms with Crippen molar-refractivity contribution in [2.75, 3.05) is 5.32 Å². The summed E-state index contributed by atoms with van der Waals surface area (Å²) in [4.78, 5) is 10.8. The Morgan fingerprint density at radius 3 is 2.78 bits per heavy atom. The largest absolute Gasteiger partial charge is 0.505 e. The van der Waals surface area contributed by atoms with E-state index in [1.54, 1.807) is 6.07 Å². The summed E-state index contributed by atoms with van der Waals surface area (Å²) in [5.74, 6) is -1.12. The predicted octanol–water partition coefficient (Wildman–Crippen LogP) is 3.11. The number of hydrogen-bond acceptors (Lipinski definition) is 5. The van der Waals surface area contributed by atoms with Gasteiger partial charge in [-0.15, -0.1) is 0 Å². The van der Waals surface area contributed by atoms with Gasteiger partial charge in [-0.2, -0.15) is 0 Å². The molecule has 1 heterocycles. The van der Waals surface area contributed by atoms with Crippen LogP contribution in [-0.2, 0) is 6.54 Å². The molecule has 0 spiro atoms. The molecule has 0 aliphatic heterocycles. The predicted molar refractivity (Wildman–Crippen MR) is 66.4 cm³/mol. The number of benzene rings is 1. The highest BCUT2D eigenvalue weighted by Crippen LogP contribution is 2.25. The fraction of sp³-hybridized carbons (Fsp3) is 0.0909. The lowest BCUT2D eigenvalue weighted by molar-refractivity contribution is -0.380. The summed E-state index contributed by atoms with van der Waals surface area (Å²) in [6.45, 7) is 0.364. The molecule has 0 atom stereocenters. The van der Waals surface area contributed by atoms with Crippen LogP contribution in [0.5, 0.6) is 5.75 Å². The van der Waals surface area contributed by atoms with Gasteiger partial charge in [0.1, 0.15) is 0 Å². The van der Waals surface area contributed by atoms with Crippen LogP contribution in [0.2, 0.25) is 0 Å². The number of thiophene rings is 1. The molecule has 0 saturated heterocycles. The number of phenolic OH excluding ortho intramolecular Hbond substituents is 1. The van der Waals surface area contributed by atoms with Gasteiger partial charge in [0.15, 0.2) is 11.6 Å². The van der Waals surface area contributed by atoms with E-state index >= 15 is 0 Å². The molecule has 0 unspecified atom stereocenters. The first-order valence-corrected chi connectivity index (χ1v) is 5.83. The number of hydrogen-bond donors (Lipinski definition) is 2. The molecule has 0 amide bonds. The fourth-order valence-corrected chi connectivity index (χ4v) is 2.13. The van der Waals surface area contributed by atoms with Crippen LogP contribution in [0.25, 0.3) is 0 Å². The Hall–Kier alpha value is -2.15. The highest BCUT2D eigenvalue weighted by Gasteiger charge is 2.09. The Morgan fingerprint density at radius 1 is 1.39 bits per heavy atom. The second-order valence-electron chi connectivity index (χ2n) is 3.52. The van der Waals surface area contributed by atoms with Gasteiger partial charge >= 0.3 is 5.00 Å². The molecule has 0 saturated carbocycles. The van der Waals surface area contributed by atoms with Gasteiger partial charge in [-0.1, -0.05) is 11.3 Å². The lowest BCUT2D eigenvalue weighted by atomic mass is 10.3. The van der Waals surface area contributed by atoms with E-state index < -0.39 is 16.5 Å². The average molecular weight is 268 g/mol. The highest BCUT2D eigenvalue weighted by atomic mass is 32.1. The molecular weight excluding hydrogens is 259 g/mol. The lowest BCUT2D eigenvalue weighted by Crippen LogP contribution is -1.97. The third kappa shape index (κ3) is 2.75. The van der Waals surface area contributed by atoms with E-state index in [0.29, 0.717) is 12.2 Å². The van der Waals surface area contributed by atoms with E-state index in [1.807, 2.05) is 0 Å². The van der Waals surface area contributed by atoms with Gasteiger partial charge < -0.3 is 10.4 Å². The minimum Gasteiger partial charge on any atom is -0.505 e. The first-order chi connectivity index (χ1) is 8.56. The maximum Gasteiger partial charge on any atom is 0.324 e. The van der Waals surface area contributed by atoms with Crippen molar-refractivity contribution in [3.63, 3.8) is 0 Å². The lowest BCUT2D eigenvalue weighted by Gasteiger charge is -2.05. The Bertz CT molecular complexity index is 585. The van der Waals surface area contributed by atoms with Crippen LogP contribution in [0.1, 0.15) is 4.88 Å². The van der Waals surface area contributed by atoms with Gasteiger partial charge in [0, 0.05) is 29.2 Å². The van der Waals surface area contributed by atoms with Crippen molar-refractivity contribution in [2.24, 2.45) is 0 Å². The summed E-state index contributed by atoms with van der Waals surface area (Å²) in [5, 5.41) is 22.5. The molecule has 5 nitrogen and oxygen atoms in total. The van der Waals surface area contributed by atoms with Crippen molar-refractivity contribution in [3.05, 3.63) is 51.1 Å². The molecule has 1 aromatic heterocycles. The molecule has 0 aliphatic rings. The summed E-state index contributed by atoms with van der Waals surface area (Å²) in [7, 11) is 0. The Morgan fingerprint density at radius 2 is 2.17 bits per heavy atom. The Balaban J connectivity index is 2.02. The normalized spacial score (nSPS) is 10.3. The quantitative estimate of drug-likeness (QED) is 0.507. The number of halogens is 1. The average Bonchev–Trinajstić information content (AvgIpc) is 2.79. The minimum absolute atomic E-state index is 0.0729. The van der Waals surface area contributed by atoms with E-state index in [-0.39, 0.29) is 5.00 Å². The first kappa shape index (κ1) is 12.3. The zero-order chi connectivity index (χ0) is 13.1. The van der Waals surface area contributed by atoms with E-state index in [4.69, 9.17) is 5.11 Å². The molecule has 1 aromatic carbocycles. The number of anilines is 1. The van der Waals surface area contributed by atoms with Crippen LogP contribution in [0, 0.1) is 15.9 Å². The van der Waals surface area contributed by atoms with Crippen molar-refractivity contribution < 1.29 is 14.4 Å². The van der Waals surface area contributed by atoms with E-state index in [0.717, 1.165) is 22.3 Å². The zero-order valence-electron chi connectivity index (χ0n) is 9.09. The number of nitrogens with zero attached hydrogens (tertiary/aromatic N) is 1. The van der Waals surface area contributed by atoms with Gasteiger partial charge in [0.25, 0.3) is 0 Å². The molecule has 0 aliphatic carbocycles. The van der Waals surface area contributed by atoms with Gasteiger partial charge in [0.05, 0.1) is 4.92 Å². The van der Waals surface area contributed by atoms with Crippen molar-refractivity contribution in [3.8, 4) is 5.75 Å². The third-order valence-corrected chi connectivity index (χ3v) is 3.28. The van der Waals surface area contributed by atoms with E-state index in [9.17, 15) is 14.5 Å². The van der Waals surface area contributed by atoms with Gasteiger partial charge in [-0.25, -0.2) is 4.39 Å². The number of nitrogens with one attached hydrogen (secondary N) is 1. The molecule has 94 valence electrons. The van der Waals surface area contributed by atoms with Crippen molar-refractivity contribution >= 4 is 22.0 Å². The Labute approximate surface area is 106 Å². The molecule has 0 bridgehead atoms. The van der Waals surface area contributed by atoms with Crippen LogP contribution in [0.4, 0.5) is 15.1 Å². The second kappa shape index (κ2) is 5.01. The SMILES string of the molecule is O=[N+]([O-])c1ccc(CNc2ccc(O)c(F)c2)s1. The summed E-state index contributed by atoms with van der Waals surface area (Å²) in [5.41, 5.74) is 0.501. The molecule has 0 fully saturated rings. The molecule has 2 N–H and O–H groups in total. The molecule has 18 heavy (non-hydrogen) atoms. The standard InChI is InChI=1S/C11H9FN2O3S/c12-9-5-7(1-3-10(9)15)13-6-8-2-4-11(18-8)14(16)17/h1-5,13,15H,6H2. The number of phenols is 1. The molecule has 2 rings (SSSR count). The highest BCUT2D eigenvalue weighted by molar-refractivity contribution is 7.15. The first-order valence-electron chi connectivity index (χ1n) is 5.02. The summed E-state index contributed by atoms with van der Waals surface area (Å²) in [6, 6.07) is 7.01. The van der Waals surface area contributed by atoms with E-state index in [2.05, 4.69) is 5.32 Å². The summed E-state index contributed by atoms with van der Waals surface area (Å²) < 4.78 is 13.0. The third-order valence-electron chi connectivity index (χ3n) is 2.24. The summed E-state index contributed by atoms with van der Waals surface area (Å²) >= 11 is 1.06. The van der Waals surface area contributed by atoms with Crippen LogP contribution >= 0.6 is 11.3 Å². The van der Waals surface area contributed by atoms with Crippen LogP contribution < -0.4 is 5.32 Å². The number of nitro groups is 1. The number of aromatic hydroxyl groups is 1. The maximum absolute atomic E-state index is 13.0. The van der Waals surface area contributed by atoms with Crippen LogP contribution in [0.3, 0.4) is 0 Å². The molecular formula is C11H9FN2O3S. The van der Waals surface area contributed by atoms with Gasteiger partial charge in [-0.3, -0.25) is 10.1 Å². The Kier molecular flexibility index (Phi) is 3.42. The van der Waals surface area contributed by atoms with Crippen molar-refractivity contribution in [1.29, 1.82) is 0 Å².